The van der Waals surface area contributed by atoms with Crippen molar-refractivity contribution in [3.63, 3.8) is 0 Å². The molecular weight excluding hydrogens is 340 g/mol. The Balaban J connectivity index is 1.78. The molecule has 0 nitrogen and oxygen atoms in total. The van der Waals surface area contributed by atoms with E-state index in [4.69, 9.17) is 0 Å². The Labute approximate surface area is 150 Å². The summed E-state index contributed by atoms with van der Waals surface area (Å²) in [6.45, 7) is 3.92. The topological polar surface area (TPSA) is 0 Å². The predicted octanol–water partition coefficient (Wildman–Crippen LogP) is 6.27. The lowest BCUT2D eigenvalue weighted by Gasteiger charge is -2.46. The van der Waals surface area contributed by atoms with Gasteiger partial charge in [-0.2, -0.15) is 0 Å². The molecule has 4 atom stereocenters. The van der Waals surface area contributed by atoms with Crippen molar-refractivity contribution in [2.75, 3.05) is 0 Å². The van der Waals surface area contributed by atoms with Gasteiger partial charge in [-0.1, -0.05) is 12.1 Å². The van der Waals surface area contributed by atoms with Gasteiger partial charge in [0.1, 0.15) is 11.6 Å². The van der Waals surface area contributed by atoms with Gasteiger partial charge in [-0.25, -0.2) is 17.6 Å². The minimum Gasteiger partial charge on any atom is -0.207 e. The zero-order valence-electron chi connectivity index (χ0n) is 14.3. The summed E-state index contributed by atoms with van der Waals surface area (Å²) >= 11 is 0. The molecule has 2 aromatic carbocycles. The van der Waals surface area contributed by atoms with Crippen molar-refractivity contribution in [2.24, 2.45) is 11.8 Å². The maximum atomic E-state index is 14.2. The number of hydrogen-bond acceptors (Lipinski definition) is 0. The zero-order valence-corrected chi connectivity index (χ0v) is 14.3. The summed E-state index contributed by atoms with van der Waals surface area (Å²) in [6, 6.07) is 6.45. The molecule has 1 saturated carbocycles. The van der Waals surface area contributed by atoms with Gasteiger partial charge >= 0.3 is 0 Å². The number of halogens is 4. The molecule has 0 spiro atoms. The molecule has 0 bridgehead atoms. The summed E-state index contributed by atoms with van der Waals surface area (Å²) in [5.74, 6) is -2.49. The van der Waals surface area contributed by atoms with Crippen LogP contribution in [0.5, 0.6) is 0 Å². The number of benzene rings is 2. The molecule has 2 aromatic rings. The molecule has 0 N–H and O–H groups in total. The van der Waals surface area contributed by atoms with E-state index in [2.05, 4.69) is 6.58 Å². The molecule has 4 rings (SSSR count). The van der Waals surface area contributed by atoms with Crippen molar-refractivity contribution < 1.29 is 17.6 Å². The van der Waals surface area contributed by atoms with Crippen LogP contribution in [0.3, 0.4) is 0 Å². The molecule has 0 aromatic heterocycles. The average molecular weight is 360 g/mol. The van der Waals surface area contributed by atoms with E-state index in [0.29, 0.717) is 12.0 Å². The Morgan fingerprint density at radius 2 is 1.69 bits per heavy atom. The maximum absolute atomic E-state index is 14.2. The third-order valence-corrected chi connectivity index (χ3v) is 6.20. The highest BCUT2D eigenvalue weighted by Crippen LogP contribution is 2.54. The van der Waals surface area contributed by atoms with Crippen molar-refractivity contribution >= 4 is 0 Å². The second-order valence-corrected chi connectivity index (χ2v) is 7.44. The minimum atomic E-state index is -0.866. The molecule has 2 aliphatic rings. The molecule has 0 radical (unpaired) electrons. The second-order valence-electron chi connectivity index (χ2n) is 7.44. The molecule has 0 aliphatic heterocycles. The lowest BCUT2D eigenvalue weighted by molar-refractivity contribution is 0.193. The monoisotopic (exact) mass is 360 g/mol. The molecule has 0 unspecified atom stereocenters. The van der Waals surface area contributed by atoms with Gasteiger partial charge in [-0.05, 0) is 84.2 Å². The van der Waals surface area contributed by atoms with Crippen molar-refractivity contribution in [3.8, 4) is 0 Å². The van der Waals surface area contributed by atoms with Crippen molar-refractivity contribution in [1.29, 1.82) is 0 Å². The van der Waals surface area contributed by atoms with Crippen LogP contribution < -0.4 is 0 Å². The third-order valence-electron chi connectivity index (χ3n) is 6.20. The van der Waals surface area contributed by atoms with Crippen LogP contribution in [0, 0.1) is 35.1 Å². The predicted molar refractivity (Wildman–Crippen MR) is 92.9 cm³/mol. The quantitative estimate of drug-likeness (QED) is 0.437. The lowest BCUT2D eigenvalue weighted by Crippen LogP contribution is -2.35. The van der Waals surface area contributed by atoms with Crippen LogP contribution >= 0.6 is 0 Å². The zero-order chi connectivity index (χ0) is 18.4. The van der Waals surface area contributed by atoms with Crippen LogP contribution in [0.25, 0.3) is 0 Å². The fourth-order valence-corrected chi connectivity index (χ4v) is 5.11. The Hall–Kier alpha value is -2.10. The van der Waals surface area contributed by atoms with E-state index in [9.17, 15) is 17.6 Å². The smallest absolute Gasteiger partial charge is 0.159 e. The van der Waals surface area contributed by atoms with E-state index in [1.165, 1.54) is 12.1 Å². The van der Waals surface area contributed by atoms with Crippen LogP contribution in [0.1, 0.15) is 47.8 Å². The normalized spacial score (nSPS) is 27.5. The molecule has 136 valence electrons. The second kappa shape index (κ2) is 6.57. The van der Waals surface area contributed by atoms with Crippen molar-refractivity contribution in [2.45, 2.75) is 37.5 Å². The van der Waals surface area contributed by atoms with Gasteiger partial charge in [0.2, 0.25) is 0 Å². The molecule has 0 heterocycles. The van der Waals surface area contributed by atoms with Crippen molar-refractivity contribution in [3.05, 3.63) is 82.9 Å². The number of hydrogen-bond donors (Lipinski definition) is 0. The molecule has 4 heteroatoms. The summed E-state index contributed by atoms with van der Waals surface area (Å²) in [5.41, 5.74) is 2.09. The van der Waals surface area contributed by atoms with E-state index in [-0.39, 0.29) is 23.7 Å². The van der Waals surface area contributed by atoms with Gasteiger partial charge in [-0.3, -0.25) is 0 Å². The van der Waals surface area contributed by atoms with Gasteiger partial charge < -0.3 is 0 Å². The maximum Gasteiger partial charge on any atom is 0.159 e. The first-order valence-corrected chi connectivity index (χ1v) is 9.05. The molecule has 1 fully saturated rings. The van der Waals surface area contributed by atoms with Crippen LogP contribution in [0.15, 0.2) is 43.0 Å². The number of allylic oxidation sites excluding steroid dienone is 1. The fraction of sp³-hybridized carbons (Fsp3) is 0.364. The van der Waals surface area contributed by atoms with Crippen LogP contribution in [0.4, 0.5) is 17.6 Å². The van der Waals surface area contributed by atoms with E-state index < -0.39 is 23.3 Å². The Kier molecular flexibility index (Phi) is 4.37. The molecule has 26 heavy (non-hydrogen) atoms. The SMILES string of the molecule is C=C[C@@H]1CC[C@H]2c3cc(F)cc(F)c3CC[C@@H]2[C@H]1c1ccc(F)c(F)c1. The van der Waals surface area contributed by atoms with Crippen molar-refractivity contribution in [1.82, 2.24) is 0 Å². The van der Waals surface area contributed by atoms with E-state index >= 15 is 0 Å². The Morgan fingerprint density at radius 3 is 2.42 bits per heavy atom. The standard InChI is InChI=1S/C22H20F4/c1-2-12-3-5-15-17(22(12)13-4-8-19(24)21(26)9-13)7-6-16-18(15)10-14(23)11-20(16)25/h2,4,8-12,15,17,22H,1,3,5-7H2/t12-,15-,17+,22-/m1/s1. The molecule has 2 aliphatic carbocycles. The highest BCUT2D eigenvalue weighted by atomic mass is 19.2. The highest BCUT2D eigenvalue weighted by molar-refractivity contribution is 5.38. The van der Waals surface area contributed by atoms with Gasteiger partial charge in [-0.15, -0.1) is 6.58 Å². The summed E-state index contributed by atoms with van der Waals surface area (Å²) in [4.78, 5) is 0. The van der Waals surface area contributed by atoms with E-state index in [1.54, 1.807) is 6.07 Å². The highest BCUT2D eigenvalue weighted by Gasteiger charge is 2.43. The Morgan fingerprint density at radius 1 is 0.885 bits per heavy atom. The van der Waals surface area contributed by atoms with Crippen LogP contribution in [-0.4, -0.2) is 0 Å². The van der Waals surface area contributed by atoms with Crippen LogP contribution in [-0.2, 0) is 6.42 Å². The van der Waals surface area contributed by atoms with Gasteiger partial charge in [0.15, 0.2) is 11.6 Å². The average Bonchev–Trinajstić information content (AvgIpc) is 2.62. The van der Waals surface area contributed by atoms with Gasteiger partial charge in [0, 0.05) is 6.07 Å². The summed E-state index contributed by atoms with van der Waals surface area (Å²) < 4.78 is 55.3. The fourth-order valence-electron chi connectivity index (χ4n) is 5.11. The first-order valence-electron chi connectivity index (χ1n) is 9.05. The van der Waals surface area contributed by atoms with E-state index in [1.807, 2.05) is 6.08 Å². The van der Waals surface area contributed by atoms with Gasteiger partial charge in [0.05, 0.1) is 0 Å². The number of fused-ring (bicyclic) bond motifs is 3. The molecule has 0 saturated heterocycles. The molecule has 0 amide bonds. The summed E-state index contributed by atoms with van der Waals surface area (Å²) in [5, 5.41) is 0. The number of rotatable bonds is 2. The van der Waals surface area contributed by atoms with E-state index in [0.717, 1.165) is 42.5 Å². The van der Waals surface area contributed by atoms with Crippen LogP contribution in [0.2, 0.25) is 0 Å². The van der Waals surface area contributed by atoms with Gasteiger partial charge in [0.25, 0.3) is 0 Å². The lowest BCUT2D eigenvalue weighted by atomic mass is 9.58. The largest absolute Gasteiger partial charge is 0.207 e. The molecular formula is C22H20F4. The minimum absolute atomic E-state index is 0.0262. The first kappa shape index (κ1) is 17.3. The first-order chi connectivity index (χ1) is 12.5. The third kappa shape index (κ3) is 2.76. The Bertz CT molecular complexity index is 857. The summed E-state index contributed by atoms with van der Waals surface area (Å²) in [7, 11) is 0. The summed E-state index contributed by atoms with van der Waals surface area (Å²) in [6.07, 6.45) is 4.79.